The van der Waals surface area contributed by atoms with Gasteiger partial charge >= 0.3 is 0 Å². The van der Waals surface area contributed by atoms with Crippen molar-refractivity contribution < 1.29 is 23.7 Å². The van der Waals surface area contributed by atoms with Gasteiger partial charge in [-0.15, -0.1) is 0 Å². The molecule has 220 valence electrons. The number of aromatic nitrogens is 3. The third-order valence-corrected chi connectivity index (χ3v) is 8.12. The highest BCUT2D eigenvalue weighted by atomic mass is 32.2. The topological polar surface area (TPSA) is 147 Å². The number of likely N-dealkylation sites (N-methyl/N-ethyl adjacent to an activating group) is 1. The van der Waals surface area contributed by atoms with Crippen molar-refractivity contribution in [3.8, 4) is 11.8 Å². The summed E-state index contributed by atoms with van der Waals surface area (Å²) in [6.45, 7) is 1.58. The Hall–Kier alpha value is -5.25. The van der Waals surface area contributed by atoms with Crippen LogP contribution in [0.2, 0.25) is 0 Å². The molecule has 0 saturated carbocycles. The minimum Gasteiger partial charge on any atom is -0.395 e. The molecular formula is C31H30N6O5S. The Morgan fingerprint density at radius 1 is 1.00 bits per heavy atom. The number of nitrogens with zero attached hydrogens (tertiary/aromatic N) is 4. The van der Waals surface area contributed by atoms with Crippen LogP contribution >= 0.6 is 0 Å². The van der Waals surface area contributed by atoms with Gasteiger partial charge in [-0.05, 0) is 49.4 Å². The number of aryl methyl sites for hydroxylation is 2. The third-order valence-electron chi connectivity index (χ3n) is 6.12. The molecule has 43 heavy (non-hydrogen) atoms. The molecule has 4 aromatic rings. The Morgan fingerprint density at radius 3 is 2.44 bits per heavy atom. The van der Waals surface area contributed by atoms with E-state index in [2.05, 4.69) is 32.0 Å². The number of aliphatic hydroxyl groups excluding tert-OH is 1. The lowest BCUT2D eigenvalue weighted by molar-refractivity contribution is -0.122. The van der Waals surface area contributed by atoms with Crippen LogP contribution in [0.3, 0.4) is 0 Å². The number of carbonyl (C=O) groups is 3. The van der Waals surface area contributed by atoms with Gasteiger partial charge in [0, 0.05) is 49.8 Å². The Labute approximate surface area is 249 Å². The molecule has 3 amide bonds. The number of amides is 3. The molecule has 4 rings (SSSR count). The number of rotatable bonds is 8. The molecule has 0 aliphatic carbocycles. The lowest BCUT2D eigenvalue weighted by Gasteiger charge is -2.17. The fourth-order valence-corrected chi connectivity index (χ4v) is 5.67. The fourth-order valence-electron chi connectivity index (χ4n) is 3.94. The largest absolute Gasteiger partial charge is 0.395 e. The first-order chi connectivity index (χ1) is 20.6. The maximum atomic E-state index is 13.9. The van der Waals surface area contributed by atoms with Gasteiger partial charge in [0.25, 0.3) is 17.7 Å². The molecule has 0 saturated heterocycles. The van der Waals surface area contributed by atoms with Crippen LogP contribution < -0.4 is 10.0 Å². The van der Waals surface area contributed by atoms with Gasteiger partial charge in [-0.3, -0.25) is 28.8 Å². The number of hydrogen-bond acceptors (Lipinski definition) is 7. The van der Waals surface area contributed by atoms with E-state index in [1.165, 1.54) is 35.1 Å². The first-order valence-corrected chi connectivity index (χ1v) is 14.7. The zero-order valence-corrected chi connectivity index (χ0v) is 24.6. The van der Waals surface area contributed by atoms with Crippen molar-refractivity contribution in [2.24, 2.45) is 7.05 Å². The number of carbonyl (C=O) groups excluding carboxylic acids is 3. The molecule has 0 bridgehead atoms. The highest BCUT2D eigenvalue weighted by molar-refractivity contribution is 8.01. The fraction of sp³-hybridized carbons (Fsp3) is 0.161. The lowest BCUT2D eigenvalue weighted by atomic mass is 10.1. The minimum absolute atomic E-state index is 0.0393. The summed E-state index contributed by atoms with van der Waals surface area (Å²) in [6.07, 6.45) is 2.79. The average Bonchev–Trinajstić information content (AvgIpc) is 3.34. The smallest absolute Gasteiger partial charge is 0.273 e. The van der Waals surface area contributed by atoms with Crippen LogP contribution in [-0.4, -0.2) is 72.3 Å². The predicted octanol–water partition coefficient (Wildman–Crippen LogP) is 2.02. The van der Waals surface area contributed by atoms with E-state index in [1.54, 1.807) is 74.6 Å². The van der Waals surface area contributed by atoms with E-state index in [-0.39, 0.29) is 29.5 Å². The summed E-state index contributed by atoms with van der Waals surface area (Å²) < 4.78 is 17.9. The van der Waals surface area contributed by atoms with E-state index in [1.807, 2.05) is 0 Å². The Kier molecular flexibility index (Phi) is 9.72. The maximum absolute atomic E-state index is 13.9. The number of benzene rings is 2. The summed E-state index contributed by atoms with van der Waals surface area (Å²) in [5, 5.41) is 17.1. The van der Waals surface area contributed by atoms with Crippen LogP contribution in [-0.2, 0) is 21.5 Å². The van der Waals surface area contributed by atoms with Crippen molar-refractivity contribution in [1.82, 2.24) is 24.4 Å². The standard InChI is InChI=1S/C31H30N6O5S/c1-22-16-28(37(3)34-22)31(41)33-26-9-7-8-23(18-26)12-13-24-17-25(20-32-19-24)30(40)35-43(42,27-10-5-4-6-11-27)21-29(39)36(2)14-15-38/h4-11,16-21,38H,14-15H2,1-3H3,(H,33,41)(H,35,40,42). The molecule has 11 nitrogen and oxygen atoms in total. The number of hydrogen-bond donors (Lipinski definition) is 3. The third kappa shape index (κ3) is 7.94. The van der Waals surface area contributed by atoms with Gasteiger partial charge in [-0.1, -0.05) is 36.1 Å². The molecular weight excluding hydrogens is 568 g/mol. The van der Waals surface area contributed by atoms with Crippen molar-refractivity contribution in [1.29, 1.82) is 0 Å². The number of pyridine rings is 1. The van der Waals surface area contributed by atoms with Gasteiger partial charge in [-0.2, -0.15) is 5.10 Å². The van der Waals surface area contributed by atoms with Crippen LogP contribution in [0.15, 0.2) is 84.0 Å². The van der Waals surface area contributed by atoms with Crippen molar-refractivity contribution in [3.05, 3.63) is 107 Å². The van der Waals surface area contributed by atoms with Gasteiger partial charge in [0.15, 0.2) is 0 Å². The number of aliphatic hydroxyl groups is 1. The van der Waals surface area contributed by atoms with Crippen LogP contribution in [0.25, 0.3) is 0 Å². The quantitative estimate of drug-likeness (QED) is 0.208. The second-order valence-corrected chi connectivity index (χ2v) is 11.6. The minimum atomic E-state index is -3.48. The van der Waals surface area contributed by atoms with E-state index in [0.29, 0.717) is 22.5 Å². The SMILES string of the molecule is Cc1cc(C(=O)Nc2cccc(C#Cc3cncc(C(=O)NS(=O)(=CC(=O)N(C)CCO)c4ccccc4)c3)c2)n(C)n1. The molecule has 0 radical (unpaired) electrons. The molecule has 2 aromatic carbocycles. The van der Waals surface area contributed by atoms with E-state index in [0.717, 1.165) is 11.1 Å². The van der Waals surface area contributed by atoms with Gasteiger partial charge in [-0.25, -0.2) is 4.21 Å². The molecule has 12 heteroatoms. The highest BCUT2D eigenvalue weighted by Gasteiger charge is 2.20. The van der Waals surface area contributed by atoms with Crippen molar-refractivity contribution in [3.63, 3.8) is 0 Å². The van der Waals surface area contributed by atoms with Crippen LogP contribution in [0.4, 0.5) is 5.69 Å². The van der Waals surface area contributed by atoms with Crippen LogP contribution in [0.1, 0.15) is 37.7 Å². The highest BCUT2D eigenvalue weighted by Crippen LogP contribution is 2.14. The lowest BCUT2D eigenvalue weighted by Crippen LogP contribution is -2.38. The van der Waals surface area contributed by atoms with Crippen molar-refractivity contribution in [2.45, 2.75) is 11.8 Å². The first kappa shape index (κ1) is 30.7. The number of anilines is 1. The van der Waals surface area contributed by atoms with Crippen molar-refractivity contribution >= 4 is 38.5 Å². The van der Waals surface area contributed by atoms with Gasteiger partial charge in [0.1, 0.15) is 5.69 Å². The molecule has 0 aliphatic heterocycles. The monoisotopic (exact) mass is 598 g/mol. The van der Waals surface area contributed by atoms with Crippen molar-refractivity contribution in [2.75, 3.05) is 25.5 Å². The number of nitrogens with one attached hydrogen (secondary N) is 2. The van der Waals surface area contributed by atoms with E-state index >= 15 is 0 Å². The Balaban J connectivity index is 1.54. The Morgan fingerprint density at radius 2 is 1.74 bits per heavy atom. The molecule has 3 N–H and O–H groups in total. The van der Waals surface area contributed by atoms with Crippen LogP contribution in [0.5, 0.6) is 0 Å². The summed E-state index contributed by atoms with van der Waals surface area (Å²) in [6, 6.07) is 18.3. The van der Waals surface area contributed by atoms with E-state index < -0.39 is 21.5 Å². The summed E-state index contributed by atoms with van der Waals surface area (Å²) in [4.78, 5) is 44.1. The van der Waals surface area contributed by atoms with Gasteiger partial charge in [0.2, 0.25) is 0 Å². The molecule has 1 atom stereocenters. The summed E-state index contributed by atoms with van der Waals surface area (Å²) >= 11 is 0. The summed E-state index contributed by atoms with van der Waals surface area (Å²) in [7, 11) is -0.330. The second kappa shape index (κ2) is 13.6. The second-order valence-electron chi connectivity index (χ2n) is 9.49. The van der Waals surface area contributed by atoms with Gasteiger partial charge in [0.05, 0.1) is 37.8 Å². The maximum Gasteiger partial charge on any atom is 0.273 e. The zero-order valence-electron chi connectivity index (χ0n) is 23.8. The molecule has 2 heterocycles. The summed E-state index contributed by atoms with van der Waals surface area (Å²) in [5.74, 6) is 4.32. The van der Waals surface area contributed by atoms with Gasteiger partial charge < -0.3 is 15.3 Å². The Bertz CT molecular complexity index is 1850. The van der Waals surface area contributed by atoms with E-state index in [9.17, 15) is 18.6 Å². The summed E-state index contributed by atoms with van der Waals surface area (Å²) in [5.41, 5.74) is 2.82. The average molecular weight is 599 g/mol. The molecule has 0 spiro atoms. The van der Waals surface area contributed by atoms with E-state index in [4.69, 9.17) is 5.11 Å². The zero-order chi connectivity index (χ0) is 31.0. The predicted molar refractivity (Wildman–Crippen MR) is 164 cm³/mol. The molecule has 1 unspecified atom stereocenters. The first-order valence-electron chi connectivity index (χ1n) is 13.1. The van der Waals surface area contributed by atoms with Crippen LogP contribution in [0, 0.1) is 18.8 Å². The normalized spacial score (nSPS) is 11.8. The molecule has 0 fully saturated rings. The molecule has 2 aromatic heterocycles. The molecule has 0 aliphatic rings.